The summed E-state index contributed by atoms with van der Waals surface area (Å²) in [6.07, 6.45) is 2.25. The molecule has 1 aromatic carbocycles. The number of fused-ring (bicyclic) bond motifs is 1. The van der Waals surface area contributed by atoms with Gasteiger partial charge in [0.2, 0.25) is 0 Å². The Balaban J connectivity index is 1.75. The zero-order valence-electron chi connectivity index (χ0n) is 11.0. The van der Waals surface area contributed by atoms with Crippen molar-refractivity contribution >= 4 is 29.3 Å². The Kier molecular flexibility index (Phi) is 4.03. The zero-order valence-corrected chi connectivity index (χ0v) is 12.6. The van der Waals surface area contributed by atoms with Crippen molar-refractivity contribution in [3.63, 3.8) is 0 Å². The number of carbonyl (C=O) groups is 1. The molecule has 4 nitrogen and oxygen atoms in total. The number of nitrogens with zero attached hydrogens (tertiary/aromatic N) is 1. The van der Waals surface area contributed by atoms with Crippen LogP contribution in [0.3, 0.4) is 0 Å². The number of aromatic nitrogens is 1. The molecule has 0 unspecified atom stereocenters. The van der Waals surface area contributed by atoms with E-state index in [1.165, 1.54) is 18.0 Å². The number of thioether (sulfide) groups is 1. The zero-order chi connectivity index (χ0) is 14.8. The first-order valence-electron chi connectivity index (χ1n) is 6.40. The van der Waals surface area contributed by atoms with Crippen LogP contribution < -0.4 is 4.74 Å². The molecule has 21 heavy (non-hydrogen) atoms. The van der Waals surface area contributed by atoms with Crippen LogP contribution in [-0.4, -0.2) is 22.7 Å². The van der Waals surface area contributed by atoms with Crippen LogP contribution in [0.25, 0.3) is 0 Å². The van der Waals surface area contributed by atoms with E-state index in [4.69, 9.17) is 21.4 Å². The number of aromatic carboxylic acids is 1. The number of carboxylic acid groups (broad SMARTS) is 1. The molecule has 3 rings (SSSR count). The van der Waals surface area contributed by atoms with Gasteiger partial charge in [-0.3, -0.25) is 0 Å². The normalized spacial score (nSPS) is 12.8. The average Bonchev–Trinajstić information content (AvgIpc) is 2.93. The Morgan fingerprint density at radius 3 is 3.00 bits per heavy atom. The van der Waals surface area contributed by atoms with Gasteiger partial charge in [0.05, 0.1) is 17.2 Å². The van der Waals surface area contributed by atoms with Crippen molar-refractivity contribution in [2.75, 3.05) is 6.61 Å². The van der Waals surface area contributed by atoms with E-state index in [0.717, 1.165) is 28.3 Å². The third-order valence-electron chi connectivity index (χ3n) is 3.18. The predicted molar refractivity (Wildman–Crippen MR) is 81.4 cm³/mol. The molecule has 0 aliphatic carbocycles. The quantitative estimate of drug-likeness (QED) is 0.871. The Bertz CT molecular complexity index is 688. The van der Waals surface area contributed by atoms with Crippen molar-refractivity contribution < 1.29 is 14.6 Å². The summed E-state index contributed by atoms with van der Waals surface area (Å²) in [6.45, 7) is 0.693. The van der Waals surface area contributed by atoms with Gasteiger partial charge in [0.1, 0.15) is 5.75 Å². The van der Waals surface area contributed by atoms with Gasteiger partial charge >= 0.3 is 5.97 Å². The van der Waals surface area contributed by atoms with E-state index in [0.29, 0.717) is 17.4 Å². The summed E-state index contributed by atoms with van der Waals surface area (Å²) in [7, 11) is 0. The fraction of sp³-hybridized carbons (Fsp3) is 0.200. The van der Waals surface area contributed by atoms with Gasteiger partial charge in [0, 0.05) is 29.0 Å². The van der Waals surface area contributed by atoms with E-state index in [-0.39, 0.29) is 5.56 Å². The number of benzene rings is 1. The third kappa shape index (κ3) is 3.14. The molecule has 1 aromatic heterocycles. The molecule has 0 saturated heterocycles. The number of ether oxygens (including phenoxy) is 1. The van der Waals surface area contributed by atoms with Crippen LogP contribution in [0, 0.1) is 0 Å². The van der Waals surface area contributed by atoms with Gasteiger partial charge in [-0.25, -0.2) is 9.78 Å². The molecule has 0 radical (unpaired) electrons. The Labute approximate surface area is 131 Å². The SMILES string of the molecule is O=C(O)c1ccc(SCc2cc(Cl)cc3c2OCC3)nc1. The number of hydrogen-bond acceptors (Lipinski definition) is 4. The molecule has 0 saturated carbocycles. The second-order valence-corrected chi connectivity index (χ2v) is 6.06. The summed E-state index contributed by atoms with van der Waals surface area (Å²) in [4.78, 5) is 14.9. The summed E-state index contributed by atoms with van der Waals surface area (Å²) in [5, 5.41) is 10.3. The lowest BCUT2D eigenvalue weighted by molar-refractivity contribution is 0.0696. The Morgan fingerprint density at radius 2 is 2.29 bits per heavy atom. The molecular weight excluding hydrogens is 310 g/mol. The highest BCUT2D eigenvalue weighted by Gasteiger charge is 2.17. The first-order valence-corrected chi connectivity index (χ1v) is 7.76. The Morgan fingerprint density at radius 1 is 1.43 bits per heavy atom. The van der Waals surface area contributed by atoms with E-state index >= 15 is 0 Å². The van der Waals surface area contributed by atoms with Crippen molar-refractivity contribution in [3.8, 4) is 5.75 Å². The minimum absolute atomic E-state index is 0.186. The van der Waals surface area contributed by atoms with E-state index in [1.54, 1.807) is 12.1 Å². The van der Waals surface area contributed by atoms with Crippen LogP contribution in [0.5, 0.6) is 5.75 Å². The van der Waals surface area contributed by atoms with Gasteiger partial charge in [-0.15, -0.1) is 11.8 Å². The molecule has 1 aliphatic heterocycles. The fourth-order valence-corrected chi connectivity index (χ4v) is 3.27. The van der Waals surface area contributed by atoms with E-state index in [2.05, 4.69) is 4.98 Å². The number of halogens is 1. The summed E-state index contributed by atoms with van der Waals surface area (Å²) in [5.41, 5.74) is 2.38. The molecule has 0 bridgehead atoms. The maximum absolute atomic E-state index is 10.8. The standard InChI is InChI=1S/C15H12ClNO3S/c16-12-5-9-3-4-20-14(9)11(6-12)8-21-13-2-1-10(7-17-13)15(18)19/h1-2,5-7H,3-4,8H2,(H,18,19). The lowest BCUT2D eigenvalue weighted by Crippen LogP contribution is -1.97. The molecule has 6 heteroatoms. The molecule has 0 fully saturated rings. The van der Waals surface area contributed by atoms with Gasteiger partial charge in [-0.1, -0.05) is 11.6 Å². The lowest BCUT2D eigenvalue weighted by Gasteiger charge is -2.08. The van der Waals surface area contributed by atoms with Crippen LogP contribution in [0.2, 0.25) is 5.02 Å². The minimum atomic E-state index is -0.972. The molecule has 2 aromatic rings. The van der Waals surface area contributed by atoms with Crippen molar-refractivity contribution in [2.24, 2.45) is 0 Å². The third-order valence-corrected chi connectivity index (χ3v) is 4.40. The highest BCUT2D eigenvalue weighted by Crippen LogP contribution is 2.36. The first-order chi connectivity index (χ1) is 10.1. The lowest BCUT2D eigenvalue weighted by atomic mass is 10.1. The fourth-order valence-electron chi connectivity index (χ4n) is 2.20. The number of rotatable bonds is 4. The maximum atomic E-state index is 10.8. The van der Waals surface area contributed by atoms with Crippen molar-refractivity contribution in [2.45, 2.75) is 17.2 Å². The summed E-state index contributed by atoms with van der Waals surface area (Å²) >= 11 is 7.65. The second kappa shape index (κ2) is 5.95. The molecule has 0 spiro atoms. The minimum Gasteiger partial charge on any atom is -0.493 e. The van der Waals surface area contributed by atoms with Crippen LogP contribution in [-0.2, 0) is 12.2 Å². The molecular formula is C15H12ClNO3S. The van der Waals surface area contributed by atoms with Crippen molar-refractivity contribution in [1.82, 2.24) is 4.98 Å². The molecule has 1 N–H and O–H groups in total. The smallest absolute Gasteiger partial charge is 0.337 e. The van der Waals surface area contributed by atoms with E-state index < -0.39 is 5.97 Å². The average molecular weight is 322 g/mol. The molecule has 108 valence electrons. The number of pyridine rings is 1. The highest BCUT2D eigenvalue weighted by atomic mass is 35.5. The summed E-state index contributed by atoms with van der Waals surface area (Å²) in [5.74, 6) is 0.636. The topological polar surface area (TPSA) is 59.4 Å². The predicted octanol–water partition coefficient (Wildman–Crippen LogP) is 3.66. The molecule has 1 aliphatic rings. The van der Waals surface area contributed by atoms with Crippen LogP contribution in [0.1, 0.15) is 21.5 Å². The molecule has 0 amide bonds. The second-order valence-electron chi connectivity index (χ2n) is 4.63. The monoisotopic (exact) mass is 321 g/mol. The maximum Gasteiger partial charge on any atom is 0.337 e. The van der Waals surface area contributed by atoms with Gasteiger partial charge < -0.3 is 9.84 Å². The van der Waals surface area contributed by atoms with Gasteiger partial charge in [0.25, 0.3) is 0 Å². The van der Waals surface area contributed by atoms with E-state index in [9.17, 15) is 4.79 Å². The molecule has 0 atom stereocenters. The van der Waals surface area contributed by atoms with Crippen molar-refractivity contribution in [1.29, 1.82) is 0 Å². The summed E-state index contributed by atoms with van der Waals surface area (Å²) < 4.78 is 5.65. The van der Waals surface area contributed by atoms with Crippen molar-refractivity contribution in [3.05, 3.63) is 52.2 Å². The van der Waals surface area contributed by atoms with Crippen LogP contribution in [0.15, 0.2) is 35.5 Å². The van der Waals surface area contributed by atoms with Crippen LogP contribution >= 0.6 is 23.4 Å². The van der Waals surface area contributed by atoms with Crippen LogP contribution in [0.4, 0.5) is 0 Å². The summed E-state index contributed by atoms with van der Waals surface area (Å²) in [6, 6.07) is 7.11. The molecule has 2 heterocycles. The number of hydrogen-bond donors (Lipinski definition) is 1. The van der Waals surface area contributed by atoms with Gasteiger partial charge in [-0.2, -0.15) is 0 Å². The van der Waals surface area contributed by atoms with E-state index in [1.807, 2.05) is 12.1 Å². The Hall–Kier alpha value is -1.72. The highest BCUT2D eigenvalue weighted by molar-refractivity contribution is 7.98. The first kappa shape index (κ1) is 14.2. The number of carboxylic acids is 1. The van der Waals surface area contributed by atoms with Gasteiger partial charge in [-0.05, 0) is 29.8 Å². The van der Waals surface area contributed by atoms with Gasteiger partial charge in [0.15, 0.2) is 0 Å². The largest absolute Gasteiger partial charge is 0.493 e.